The van der Waals surface area contributed by atoms with E-state index in [0.29, 0.717) is 10.0 Å². The van der Waals surface area contributed by atoms with Crippen molar-refractivity contribution < 1.29 is 9.90 Å². The summed E-state index contributed by atoms with van der Waals surface area (Å²) >= 11 is 7.96. The van der Waals surface area contributed by atoms with Crippen LogP contribution < -0.4 is 5.43 Å². The standard InChI is InChI=1S/C18H16Br2N4O2S/c1-2-24-15-6-4-3-5-14(15)22-18(24)27-10-16(25)23-21-9-11-7-12(19)8-13(20)17(11)26/h3-9,26H,2,10H2,1H3,(H,23,25)/b21-9-. The van der Waals surface area contributed by atoms with Crippen LogP contribution in [0.2, 0.25) is 0 Å². The molecular weight excluding hydrogens is 496 g/mol. The number of hydrazone groups is 1. The highest BCUT2D eigenvalue weighted by Gasteiger charge is 2.11. The molecule has 2 N–H and O–H groups in total. The summed E-state index contributed by atoms with van der Waals surface area (Å²) in [4.78, 5) is 16.7. The first-order valence-corrected chi connectivity index (χ1v) is 10.6. The Morgan fingerprint density at radius 3 is 2.93 bits per heavy atom. The van der Waals surface area contributed by atoms with Crippen LogP contribution in [0.3, 0.4) is 0 Å². The lowest BCUT2D eigenvalue weighted by molar-refractivity contribution is -0.118. The van der Waals surface area contributed by atoms with Gasteiger partial charge in [-0.1, -0.05) is 39.8 Å². The number of carbonyl (C=O) groups is 1. The molecule has 0 aliphatic carbocycles. The van der Waals surface area contributed by atoms with Crippen molar-refractivity contribution in [3.8, 4) is 5.75 Å². The maximum atomic E-state index is 12.1. The van der Waals surface area contributed by atoms with E-state index in [9.17, 15) is 9.90 Å². The molecule has 6 nitrogen and oxygen atoms in total. The van der Waals surface area contributed by atoms with Gasteiger partial charge >= 0.3 is 0 Å². The van der Waals surface area contributed by atoms with E-state index >= 15 is 0 Å². The number of phenols is 1. The molecule has 9 heteroatoms. The number of halogens is 2. The predicted octanol–water partition coefficient (Wildman–Crippen LogP) is 4.53. The topological polar surface area (TPSA) is 79.5 Å². The van der Waals surface area contributed by atoms with Gasteiger partial charge in [-0.05, 0) is 47.1 Å². The van der Waals surface area contributed by atoms with Crippen molar-refractivity contribution in [1.29, 1.82) is 0 Å². The van der Waals surface area contributed by atoms with Gasteiger partial charge in [0.15, 0.2) is 5.16 Å². The Labute approximate surface area is 177 Å². The second-order valence-electron chi connectivity index (χ2n) is 5.53. The summed E-state index contributed by atoms with van der Waals surface area (Å²) in [5.74, 6) is -0.00352. The van der Waals surface area contributed by atoms with Crippen LogP contribution in [0.1, 0.15) is 12.5 Å². The van der Waals surface area contributed by atoms with Crippen LogP contribution in [0.5, 0.6) is 5.75 Å². The van der Waals surface area contributed by atoms with E-state index < -0.39 is 0 Å². The maximum Gasteiger partial charge on any atom is 0.250 e. The number of para-hydroxylation sites is 2. The molecule has 0 aliphatic heterocycles. The van der Waals surface area contributed by atoms with Gasteiger partial charge in [-0.25, -0.2) is 10.4 Å². The van der Waals surface area contributed by atoms with E-state index in [-0.39, 0.29) is 17.4 Å². The fourth-order valence-electron chi connectivity index (χ4n) is 2.49. The summed E-state index contributed by atoms with van der Waals surface area (Å²) in [5.41, 5.74) is 4.92. The molecule has 1 heterocycles. The second-order valence-corrected chi connectivity index (χ2v) is 8.25. The minimum absolute atomic E-state index is 0.0576. The number of benzene rings is 2. The smallest absolute Gasteiger partial charge is 0.250 e. The minimum atomic E-state index is -0.250. The van der Waals surface area contributed by atoms with E-state index in [1.807, 2.05) is 31.2 Å². The van der Waals surface area contributed by atoms with Crippen LogP contribution in [-0.2, 0) is 11.3 Å². The normalized spacial score (nSPS) is 11.4. The maximum absolute atomic E-state index is 12.1. The Kier molecular flexibility index (Phi) is 6.56. The summed E-state index contributed by atoms with van der Waals surface area (Å²) in [6.07, 6.45) is 1.40. The molecule has 0 atom stereocenters. The number of imidazole rings is 1. The van der Waals surface area contributed by atoms with Crippen molar-refractivity contribution in [3.05, 3.63) is 50.9 Å². The first kappa shape index (κ1) is 19.9. The molecular formula is C18H16Br2N4O2S. The Morgan fingerprint density at radius 1 is 1.37 bits per heavy atom. The van der Waals surface area contributed by atoms with E-state index in [2.05, 4.69) is 51.9 Å². The first-order valence-electron chi connectivity index (χ1n) is 8.07. The monoisotopic (exact) mass is 510 g/mol. The third-order valence-corrected chi connectivity index (χ3v) is 5.76. The molecule has 1 aromatic heterocycles. The van der Waals surface area contributed by atoms with Crippen LogP contribution in [-0.4, -0.2) is 32.5 Å². The Balaban J connectivity index is 1.62. The van der Waals surface area contributed by atoms with Gasteiger partial charge in [-0.3, -0.25) is 4.79 Å². The molecule has 0 fully saturated rings. The molecule has 0 saturated heterocycles. The summed E-state index contributed by atoms with van der Waals surface area (Å²) < 4.78 is 3.40. The highest BCUT2D eigenvalue weighted by Crippen LogP contribution is 2.30. The van der Waals surface area contributed by atoms with E-state index in [0.717, 1.165) is 27.2 Å². The fourth-order valence-corrected chi connectivity index (χ4v) is 4.62. The number of nitrogens with one attached hydrogen (secondary N) is 1. The Morgan fingerprint density at radius 2 is 2.15 bits per heavy atom. The van der Waals surface area contributed by atoms with Gasteiger partial charge in [0.05, 0.1) is 27.5 Å². The van der Waals surface area contributed by atoms with Crippen molar-refractivity contribution in [2.24, 2.45) is 5.10 Å². The molecule has 140 valence electrons. The van der Waals surface area contributed by atoms with Gasteiger partial charge in [0.1, 0.15) is 5.75 Å². The van der Waals surface area contributed by atoms with Gasteiger partial charge in [0.2, 0.25) is 0 Å². The number of carbonyl (C=O) groups excluding carboxylic acids is 1. The highest BCUT2D eigenvalue weighted by molar-refractivity contribution is 9.11. The number of thioether (sulfide) groups is 1. The Bertz CT molecular complexity index is 1020. The predicted molar refractivity (Wildman–Crippen MR) is 115 cm³/mol. The van der Waals surface area contributed by atoms with Crippen LogP contribution in [0, 0.1) is 0 Å². The number of amides is 1. The summed E-state index contributed by atoms with van der Waals surface area (Å²) in [6, 6.07) is 11.3. The lowest BCUT2D eigenvalue weighted by Gasteiger charge is -2.05. The van der Waals surface area contributed by atoms with Crippen molar-refractivity contribution in [2.45, 2.75) is 18.6 Å². The molecule has 1 amide bonds. The quantitative estimate of drug-likeness (QED) is 0.289. The van der Waals surface area contributed by atoms with Crippen molar-refractivity contribution in [3.63, 3.8) is 0 Å². The highest BCUT2D eigenvalue weighted by atomic mass is 79.9. The molecule has 0 aliphatic rings. The third-order valence-electron chi connectivity index (χ3n) is 3.72. The number of nitrogens with zero attached hydrogens (tertiary/aromatic N) is 3. The fraction of sp³-hybridized carbons (Fsp3) is 0.167. The molecule has 3 rings (SSSR count). The summed E-state index contributed by atoms with van der Waals surface area (Å²) in [6.45, 7) is 2.82. The molecule has 0 saturated carbocycles. The number of aromatic hydroxyl groups is 1. The largest absolute Gasteiger partial charge is 0.506 e. The van der Waals surface area contributed by atoms with Gasteiger partial charge in [0.25, 0.3) is 5.91 Å². The average molecular weight is 512 g/mol. The number of fused-ring (bicyclic) bond motifs is 1. The van der Waals surface area contributed by atoms with Gasteiger partial charge in [-0.2, -0.15) is 5.10 Å². The zero-order valence-corrected chi connectivity index (χ0v) is 18.3. The number of phenolic OH excluding ortho intramolecular Hbond substituents is 1. The van der Waals surface area contributed by atoms with E-state index in [1.165, 1.54) is 18.0 Å². The average Bonchev–Trinajstić information content (AvgIpc) is 3.01. The second kappa shape index (κ2) is 8.90. The molecule has 3 aromatic rings. The summed E-state index contributed by atoms with van der Waals surface area (Å²) in [5, 5.41) is 14.7. The van der Waals surface area contributed by atoms with E-state index in [1.54, 1.807) is 12.1 Å². The number of rotatable bonds is 6. The number of hydrogen-bond donors (Lipinski definition) is 2. The molecule has 0 bridgehead atoms. The summed E-state index contributed by atoms with van der Waals surface area (Å²) in [7, 11) is 0. The molecule has 0 spiro atoms. The lowest BCUT2D eigenvalue weighted by Crippen LogP contribution is -2.20. The molecule has 0 unspecified atom stereocenters. The minimum Gasteiger partial charge on any atom is -0.506 e. The Hall–Kier alpha value is -1.84. The zero-order valence-electron chi connectivity index (χ0n) is 14.3. The van der Waals surface area contributed by atoms with Gasteiger partial charge in [0, 0.05) is 16.6 Å². The van der Waals surface area contributed by atoms with Crippen molar-refractivity contribution in [1.82, 2.24) is 15.0 Å². The SMILES string of the molecule is CCn1c(SCC(=O)N/N=C\c2cc(Br)cc(Br)c2O)nc2ccccc21. The molecule has 0 radical (unpaired) electrons. The molecule has 27 heavy (non-hydrogen) atoms. The van der Waals surface area contributed by atoms with Gasteiger partial charge < -0.3 is 9.67 Å². The van der Waals surface area contributed by atoms with Crippen LogP contribution in [0.15, 0.2) is 55.6 Å². The van der Waals surface area contributed by atoms with E-state index in [4.69, 9.17) is 0 Å². The number of aryl methyl sites for hydroxylation is 1. The number of hydrogen-bond acceptors (Lipinski definition) is 5. The zero-order chi connectivity index (χ0) is 19.4. The van der Waals surface area contributed by atoms with Crippen LogP contribution in [0.25, 0.3) is 11.0 Å². The first-order chi connectivity index (χ1) is 13.0. The van der Waals surface area contributed by atoms with Crippen LogP contribution >= 0.6 is 43.6 Å². The third kappa shape index (κ3) is 4.72. The number of aromatic nitrogens is 2. The van der Waals surface area contributed by atoms with Gasteiger partial charge in [-0.15, -0.1) is 0 Å². The van der Waals surface area contributed by atoms with Crippen molar-refractivity contribution in [2.75, 3.05) is 5.75 Å². The lowest BCUT2D eigenvalue weighted by atomic mass is 10.2. The van der Waals surface area contributed by atoms with Crippen molar-refractivity contribution >= 4 is 66.8 Å². The van der Waals surface area contributed by atoms with Crippen LogP contribution in [0.4, 0.5) is 0 Å². The molecule has 2 aromatic carbocycles.